The number of aliphatic imine (C=N–C) groups is 1. The molecule has 2 aliphatic rings. The Morgan fingerprint density at radius 1 is 1.12 bits per heavy atom. The van der Waals surface area contributed by atoms with Gasteiger partial charge in [-0.2, -0.15) is 0 Å². The van der Waals surface area contributed by atoms with Crippen LogP contribution in [0.5, 0.6) is 0 Å². The molecule has 2 aromatic carbocycles. The monoisotopic (exact) mass is 450 g/mol. The van der Waals surface area contributed by atoms with Gasteiger partial charge in [0.2, 0.25) is 5.91 Å². The number of hydrogen-bond donors (Lipinski definition) is 3. The Hall–Kier alpha value is -4.46. The molecule has 0 aliphatic carbocycles. The van der Waals surface area contributed by atoms with Gasteiger partial charge in [0, 0.05) is 41.0 Å². The van der Waals surface area contributed by atoms with Crippen molar-refractivity contribution in [3.05, 3.63) is 89.6 Å². The second kappa shape index (κ2) is 7.02. The fraction of sp³-hybridized carbons (Fsp3) is 0.115. The summed E-state index contributed by atoms with van der Waals surface area (Å²) in [4.78, 5) is 28.8. The molecule has 2 atom stereocenters. The van der Waals surface area contributed by atoms with Crippen LogP contribution in [0.2, 0.25) is 0 Å². The first kappa shape index (κ1) is 19.0. The van der Waals surface area contributed by atoms with E-state index in [1.54, 1.807) is 12.3 Å². The van der Waals surface area contributed by atoms with Gasteiger partial charge in [-0.1, -0.05) is 12.1 Å². The van der Waals surface area contributed by atoms with Gasteiger partial charge in [-0.15, -0.1) is 0 Å². The van der Waals surface area contributed by atoms with E-state index in [4.69, 9.17) is 4.98 Å². The van der Waals surface area contributed by atoms with E-state index in [9.17, 15) is 9.18 Å². The summed E-state index contributed by atoms with van der Waals surface area (Å²) >= 11 is 0. The highest BCUT2D eigenvalue weighted by atomic mass is 19.1. The van der Waals surface area contributed by atoms with Gasteiger partial charge in [0.1, 0.15) is 17.5 Å². The number of imidazole rings is 1. The number of H-pyrrole nitrogens is 2. The predicted octanol–water partition coefficient (Wildman–Crippen LogP) is 4.90. The molecule has 3 N–H and O–H groups in total. The summed E-state index contributed by atoms with van der Waals surface area (Å²) < 4.78 is 15.8. The summed E-state index contributed by atoms with van der Waals surface area (Å²) in [5, 5.41) is 3.27. The third kappa shape index (κ3) is 2.71. The molecule has 0 saturated carbocycles. The number of aromatic nitrogens is 4. The van der Waals surface area contributed by atoms with Crippen LogP contribution >= 0.6 is 0 Å². The van der Waals surface area contributed by atoms with E-state index in [-0.39, 0.29) is 23.7 Å². The predicted molar refractivity (Wildman–Crippen MR) is 127 cm³/mol. The molecule has 3 aromatic heterocycles. The zero-order valence-corrected chi connectivity index (χ0v) is 17.9. The number of rotatable bonds is 3. The molecule has 2 unspecified atom stereocenters. The van der Waals surface area contributed by atoms with E-state index >= 15 is 0 Å². The van der Waals surface area contributed by atoms with Crippen molar-refractivity contribution in [2.24, 2.45) is 4.99 Å². The number of benzene rings is 2. The molecule has 8 heteroatoms. The van der Waals surface area contributed by atoms with Gasteiger partial charge < -0.3 is 19.9 Å². The summed E-state index contributed by atoms with van der Waals surface area (Å²) in [7, 11) is 0. The lowest BCUT2D eigenvalue weighted by Crippen LogP contribution is -2.33. The summed E-state index contributed by atoms with van der Waals surface area (Å²) in [6.07, 6.45) is 6.16. The zero-order chi connectivity index (χ0) is 22.8. The van der Waals surface area contributed by atoms with Crippen LogP contribution in [-0.2, 0) is 4.79 Å². The van der Waals surface area contributed by atoms with Gasteiger partial charge in [-0.25, -0.2) is 14.4 Å². The van der Waals surface area contributed by atoms with Crippen molar-refractivity contribution in [1.29, 1.82) is 0 Å². The Labute approximate surface area is 193 Å². The number of fused-ring (bicyclic) bond motifs is 5. The van der Waals surface area contributed by atoms with Gasteiger partial charge in [0.25, 0.3) is 0 Å². The van der Waals surface area contributed by atoms with E-state index in [0.29, 0.717) is 23.3 Å². The van der Waals surface area contributed by atoms with Crippen molar-refractivity contribution >= 4 is 29.0 Å². The molecule has 7 nitrogen and oxygen atoms in total. The lowest BCUT2D eigenvalue weighted by atomic mass is 9.94. The molecule has 166 valence electrons. The second-order valence-electron chi connectivity index (χ2n) is 8.62. The minimum Gasteiger partial charge on any atom is -0.346 e. The van der Waals surface area contributed by atoms with E-state index < -0.39 is 0 Å². The topological polar surface area (TPSA) is 90.9 Å². The number of halogens is 1. The number of aromatic amines is 2. The average Bonchev–Trinajstić information content (AvgIpc) is 3.62. The molecule has 34 heavy (non-hydrogen) atoms. The van der Waals surface area contributed by atoms with E-state index in [1.165, 1.54) is 12.1 Å². The first-order chi connectivity index (χ1) is 16.7. The van der Waals surface area contributed by atoms with Crippen LogP contribution in [0.25, 0.3) is 28.1 Å². The SMILES string of the molecule is O=C(NC1c2cccc(-c3nc4ccc(F)cc4[nH]3)c2-n2cccc21)C1CC=Nc2[nH]ccc21. The number of carbonyl (C=O) groups excluding carboxylic acids is 1. The zero-order valence-electron chi connectivity index (χ0n) is 17.9. The summed E-state index contributed by atoms with van der Waals surface area (Å²) in [5.41, 5.74) is 6.08. The molecule has 0 saturated heterocycles. The molecule has 0 fully saturated rings. The maximum absolute atomic E-state index is 13.7. The van der Waals surface area contributed by atoms with Crippen molar-refractivity contribution in [2.75, 3.05) is 0 Å². The summed E-state index contributed by atoms with van der Waals surface area (Å²) in [5.74, 6) is 0.756. The highest BCUT2D eigenvalue weighted by Gasteiger charge is 2.35. The van der Waals surface area contributed by atoms with E-state index in [1.807, 2.05) is 48.8 Å². The molecule has 7 rings (SSSR count). The van der Waals surface area contributed by atoms with Gasteiger partial charge >= 0.3 is 0 Å². The van der Waals surface area contributed by atoms with Crippen molar-refractivity contribution in [3.8, 4) is 17.1 Å². The van der Waals surface area contributed by atoms with Crippen LogP contribution in [0.1, 0.15) is 35.2 Å². The lowest BCUT2D eigenvalue weighted by molar-refractivity contribution is -0.122. The Morgan fingerprint density at radius 3 is 3.00 bits per heavy atom. The maximum atomic E-state index is 13.7. The molecule has 2 aliphatic heterocycles. The van der Waals surface area contributed by atoms with Gasteiger partial charge in [0.15, 0.2) is 0 Å². The number of amides is 1. The molecular formula is C26H19FN6O. The first-order valence-corrected chi connectivity index (χ1v) is 11.1. The average molecular weight is 450 g/mol. The van der Waals surface area contributed by atoms with Crippen molar-refractivity contribution < 1.29 is 9.18 Å². The Kier molecular flexibility index (Phi) is 3.93. The largest absolute Gasteiger partial charge is 0.346 e. The van der Waals surface area contributed by atoms with Crippen LogP contribution in [0.3, 0.4) is 0 Å². The second-order valence-corrected chi connectivity index (χ2v) is 8.62. The van der Waals surface area contributed by atoms with Crippen molar-refractivity contribution in [1.82, 2.24) is 24.8 Å². The standard InChI is InChI=1S/C26H19FN6O/c27-14-6-7-19-20(13-14)31-25(30-19)18-4-1-3-17-22(21-5-2-12-33(21)23(17)18)32-26(34)16-9-11-29-24-15(16)8-10-28-24/h1-8,10-13,16,22,28H,9H2,(H,30,31)(H,32,34). The quantitative estimate of drug-likeness (QED) is 0.365. The first-order valence-electron chi connectivity index (χ1n) is 11.1. The van der Waals surface area contributed by atoms with Crippen LogP contribution in [0.4, 0.5) is 10.2 Å². The lowest BCUT2D eigenvalue weighted by Gasteiger charge is -2.21. The number of nitrogens with zero attached hydrogens (tertiary/aromatic N) is 3. The third-order valence-corrected chi connectivity index (χ3v) is 6.69. The highest BCUT2D eigenvalue weighted by molar-refractivity contribution is 5.91. The molecule has 5 heterocycles. The number of carbonyl (C=O) groups is 1. The smallest absolute Gasteiger partial charge is 0.228 e. The Balaban J connectivity index is 1.30. The van der Waals surface area contributed by atoms with Crippen molar-refractivity contribution in [3.63, 3.8) is 0 Å². The number of hydrogen-bond acceptors (Lipinski definition) is 3. The minimum absolute atomic E-state index is 0.0396. The Morgan fingerprint density at radius 2 is 2.06 bits per heavy atom. The molecule has 5 aromatic rings. The molecular weight excluding hydrogens is 431 g/mol. The number of para-hydroxylation sites is 1. The highest BCUT2D eigenvalue weighted by Crippen LogP contribution is 2.42. The van der Waals surface area contributed by atoms with Crippen molar-refractivity contribution in [2.45, 2.75) is 18.4 Å². The fourth-order valence-corrected chi connectivity index (χ4v) is 5.14. The fourth-order valence-electron chi connectivity index (χ4n) is 5.14. The van der Waals surface area contributed by atoms with Gasteiger partial charge in [-0.05, 0) is 48.9 Å². The molecule has 0 spiro atoms. The van der Waals surface area contributed by atoms with Gasteiger partial charge in [0.05, 0.1) is 28.7 Å². The molecule has 1 amide bonds. The minimum atomic E-state index is -0.310. The molecule has 0 bridgehead atoms. The summed E-state index contributed by atoms with van der Waals surface area (Å²) in [6, 6.07) is 16.1. The van der Waals surface area contributed by atoms with Crippen LogP contribution < -0.4 is 5.32 Å². The Bertz CT molecular complexity index is 1620. The van der Waals surface area contributed by atoms with Crippen LogP contribution in [-0.4, -0.2) is 31.6 Å². The van der Waals surface area contributed by atoms with E-state index in [0.717, 1.165) is 33.9 Å². The normalized spacial score (nSPS) is 18.0. The molecule has 0 radical (unpaired) electrons. The number of nitrogens with one attached hydrogen (secondary N) is 3. The third-order valence-electron chi connectivity index (χ3n) is 6.69. The summed E-state index contributed by atoms with van der Waals surface area (Å²) in [6.45, 7) is 0. The van der Waals surface area contributed by atoms with Gasteiger partial charge in [-0.3, -0.25) is 4.79 Å². The van der Waals surface area contributed by atoms with Crippen LogP contribution in [0.15, 0.2) is 72.0 Å². The van der Waals surface area contributed by atoms with Crippen LogP contribution in [0, 0.1) is 5.82 Å². The maximum Gasteiger partial charge on any atom is 0.228 e. The van der Waals surface area contributed by atoms with E-state index in [2.05, 4.69) is 24.8 Å².